The predicted molar refractivity (Wildman–Crippen MR) is 59.9 cm³/mol. The van der Waals surface area contributed by atoms with Gasteiger partial charge in [0.15, 0.2) is 0 Å². The summed E-state index contributed by atoms with van der Waals surface area (Å²) in [5.41, 5.74) is 1.33. The summed E-state index contributed by atoms with van der Waals surface area (Å²) in [7, 11) is 0.940. The van der Waals surface area contributed by atoms with Crippen LogP contribution in [0.3, 0.4) is 0 Å². The number of allylic oxidation sites excluding steroid dienone is 4. The van der Waals surface area contributed by atoms with Gasteiger partial charge in [0.2, 0.25) is 0 Å². The Morgan fingerprint density at radius 3 is 2.38 bits per heavy atom. The highest BCUT2D eigenvalue weighted by molar-refractivity contribution is 7.33. The molecule has 0 radical (unpaired) electrons. The first-order valence-electron chi connectivity index (χ1n) is 4.74. The molecule has 0 unspecified atom stereocenters. The van der Waals surface area contributed by atoms with Gasteiger partial charge in [0.1, 0.15) is 14.2 Å². The van der Waals surface area contributed by atoms with Gasteiger partial charge in [-0.05, 0) is 11.5 Å². The van der Waals surface area contributed by atoms with Gasteiger partial charge in [0.05, 0.1) is 0 Å². The molecule has 1 aliphatic heterocycles. The molecule has 0 saturated carbocycles. The topological polar surface area (TPSA) is 9.23 Å². The first-order chi connectivity index (χ1) is 6.13. The minimum absolute atomic E-state index is 0.473. The molecular formula is C11H17OP. The fraction of sp³-hybridized carbons (Fsp3) is 0.545. The van der Waals surface area contributed by atoms with Crippen molar-refractivity contribution in [2.24, 2.45) is 11.8 Å². The Balaban J connectivity index is 3.02. The predicted octanol–water partition coefficient (Wildman–Crippen LogP) is 3.80. The number of hydrogen-bond donors (Lipinski definition) is 0. The molecule has 1 rings (SSSR count). The minimum Gasteiger partial charge on any atom is -0.443 e. The quantitative estimate of drug-likeness (QED) is 0.610. The molecule has 0 bridgehead atoms. The molecule has 0 aromatic heterocycles. The lowest BCUT2D eigenvalue weighted by Crippen LogP contribution is -2.02. The Hall–Kier alpha value is -0.550. The normalized spacial score (nSPS) is 18.0. The third-order valence-electron chi connectivity index (χ3n) is 2.00. The molecule has 13 heavy (non-hydrogen) atoms. The van der Waals surface area contributed by atoms with E-state index in [9.17, 15) is 0 Å². The molecule has 1 aliphatic rings. The van der Waals surface area contributed by atoms with Gasteiger partial charge in [-0.3, -0.25) is 0 Å². The van der Waals surface area contributed by atoms with E-state index in [0.717, 1.165) is 14.2 Å². The minimum atomic E-state index is 0.473. The van der Waals surface area contributed by atoms with Crippen molar-refractivity contribution in [3.63, 3.8) is 0 Å². The van der Waals surface area contributed by atoms with Gasteiger partial charge in [0.25, 0.3) is 0 Å². The Morgan fingerprint density at radius 2 is 1.85 bits per heavy atom. The molecule has 0 amide bonds. The summed E-state index contributed by atoms with van der Waals surface area (Å²) in [4.78, 5) is 0. The van der Waals surface area contributed by atoms with Crippen molar-refractivity contribution in [3.05, 3.63) is 23.5 Å². The Kier molecular flexibility index (Phi) is 3.74. The highest BCUT2D eigenvalue weighted by atomic mass is 31.1. The highest BCUT2D eigenvalue weighted by Gasteiger charge is 2.13. The standard InChI is InChI=1S/C11H17OP/c1-8(2)10-6-5-7-13-12-11(10)9(3)4/h5-9H,1-4H3. The first-order valence-corrected chi connectivity index (χ1v) is 5.62. The van der Waals surface area contributed by atoms with Crippen molar-refractivity contribution in [3.8, 4) is 0 Å². The molecule has 0 spiro atoms. The zero-order valence-corrected chi connectivity index (χ0v) is 9.64. The lowest BCUT2D eigenvalue weighted by Gasteiger charge is -2.15. The van der Waals surface area contributed by atoms with Gasteiger partial charge in [-0.15, -0.1) is 0 Å². The Labute approximate surface area is 82.4 Å². The van der Waals surface area contributed by atoms with Crippen LogP contribution in [0.5, 0.6) is 0 Å². The van der Waals surface area contributed by atoms with Crippen molar-refractivity contribution in [2.75, 3.05) is 0 Å². The number of hydrogen-bond acceptors (Lipinski definition) is 1. The van der Waals surface area contributed by atoms with Crippen molar-refractivity contribution in [1.29, 1.82) is 0 Å². The van der Waals surface area contributed by atoms with E-state index in [1.54, 1.807) is 0 Å². The van der Waals surface area contributed by atoms with Gasteiger partial charge >= 0.3 is 0 Å². The van der Waals surface area contributed by atoms with E-state index in [4.69, 9.17) is 4.52 Å². The van der Waals surface area contributed by atoms with Gasteiger partial charge < -0.3 is 4.52 Å². The lowest BCUT2D eigenvalue weighted by atomic mass is 9.97. The van der Waals surface area contributed by atoms with E-state index in [0.29, 0.717) is 11.8 Å². The Bertz CT molecular complexity index is 259. The molecule has 0 aromatic carbocycles. The van der Waals surface area contributed by atoms with Crippen LogP contribution >= 0.6 is 8.43 Å². The van der Waals surface area contributed by atoms with E-state index in [1.807, 2.05) is 5.80 Å². The van der Waals surface area contributed by atoms with Crippen molar-refractivity contribution >= 4 is 14.2 Å². The van der Waals surface area contributed by atoms with E-state index in [-0.39, 0.29) is 0 Å². The lowest BCUT2D eigenvalue weighted by molar-refractivity contribution is 0.405. The maximum absolute atomic E-state index is 5.67. The third-order valence-corrected chi connectivity index (χ3v) is 2.60. The number of rotatable bonds is 2. The second kappa shape index (κ2) is 4.62. The van der Waals surface area contributed by atoms with Crippen LogP contribution in [0.25, 0.3) is 0 Å². The van der Waals surface area contributed by atoms with Crippen molar-refractivity contribution in [1.82, 2.24) is 0 Å². The fourth-order valence-corrected chi connectivity index (χ4v) is 1.97. The maximum Gasteiger partial charge on any atom is 0.124 e. The van der Waals surface area contributed by atoms with Gasteiger partial charge in [0, 0.05) is 11.7 Å². The highest BCUT2D eigenvalue weighted by Crippen LogP contribution is 2.28. The summed E-state index contributed by atoms with van der Waals surface area (Å²) in [6.45, 7) is 8.75. The van der Waals surface area contributed by atoms with Crippen LogP contribution in [0.2, 0.25) is 0 Å². The summed E-state index contributed by atoms with van der Waals surface area (Å²) in [6.07, 6.45) is 4.24. The molecular weight excluding hydrogens is 179 g/mol. The maximum atomic E-state index is 5.67. The molecule has 72 valence electrons. The fourth-order valence-electron chi connectivity index (χ4n) is 1.32. The second-order valence-corrected chi connectivity index (χ2v) is 4.53. The molecule has 0 atom stereocenters. The van der Waals surface area contributed by atoms with E-state index >= 15 is 0 Å². The molecule has 0 fully saturated rings. The van der Waals surface area contributed by atoms with Crippen LogP contribution in [0, 0.1) is 11.8 Å². The molecule has 2 heteroatoms. The van der Waals surface area contributed by atoms with Crippen LogP contribution in [-0.2, 0) is 4.52 Å². The molecule has 0 aromatic rings. The average molecular weight is 196 g/mol. The van der Waals surface area contributed by atoms with E-state index in [2.05, 4.69) is 39.8 Å². The Morgan fingerprint density at radius 1 is 1.15 bits per heavy atom. The van der Waals surface area contributed by atoms with Crippen LogP contribution in [0.15, 0.2) is 23.5 Å². The van der Waals surface area contributed by atoms with Crippen LogP contribution in [-0.4, -0.2) is 5.80 Å². The molecule has 1 heterocycles. The molecule has 1 nitrogen and oxygen atoms in total. The van der Waals surface area contributed by atoms with Crippen LogP contribution < -0.4 is 0 Å². The monoisotopic (exact) mass is 196 g/mol. The second-order valence-electron chi connectivity index (χ2n) is 3.83. The summed E-state index contributed by atoms with van der Waals surface area (Å²) in [5, 5.41) is 0. The summed E-state index contributed by atoms with van der Waals surface area (Å²) >= 11 is 0. The third kappa shape index (κ3) is 2.70. The van der Waals surface area contributed by atoms with Gasteiger partial charge in [-0.25, -0.2) is 0 Å². The largest absolute Gasteiger partial charge is 0.443 e. The summed E-state index contributed by atoms with van der Waals surface area (Å²) < 4.78 is 5.67. The van der Waals surface area contributed by atoms with Crippen molar-refractivity contribution in [2.45, 2.75) is 27.7 Å². The molecule has 0 aliphatic carbocycles. The van der Waals surface area contributed by atoms with Gasteiger partial charge in [-0.1, -0.05) is 39.8 Å². The van der Waals surface area contributed by atoms with Gasteiger partial charge in [-0.2, -0.15) is 0 Å². The summed E-state index contributed by atoms with van der Waals surface area (Å²) in [6, 6.07) is 0. The zero-order chi connectivity index (χ0) is 9.84. The van der Waals surface area contributed by atoms with Crippen LogP contribution in [0.4, 0.5) is 0 Å². The smallest absolute Gasteiger partial charge is 0.124 e. The SMILES string of the molecule is CC(C)C1=C(C(C)C)OP=CC=C1. The zero-order valence-electron chi connectivity index (χ0n) is 8.74. The van der Waals surface area contributed by atoms with Crippen LogP contribution in [0.1, 0.15) is 27.7 Å². The van der Waals surface area contributed by atoms with Crippen molar-refractivity contribution < 1.29 is 4.52 Å². The molecule has 0 N–H and O–H groups in total. The first kappa shape index (κ1) is 10.5. The average Bonchev–Trinajstić information content (AvgIpc) is 2.27. The summed E-state index contributed by atoms with van der Waals surface area (Å²) in [5.74, 6) is 4.18. The van der Waals surface area contributed by atoms with E-state index in [1.165, 1.54) is 5.57 Å². The van der Waals surface area contributed by atoms with E-state index < -0.39 is 0 Å². The molecule has 0 saturated heterocycles.